The van der Waals surface area contributed by atoms with Crippen LogP contribution < -0.4 is 5.73 Å². The van der Waals surface area contributed by atoms with Gasteiger partial charge in [0, 0.05) is 13.2 Å². The van der Waals surface area contributed by atoms with E-state index in [-0.39, 0.29) is 11.6 Å². The predicted octanol–water partition coefficient (Wildman–Crippen LogP) is 2.93. The SMILES string of the molecule is COC(C)(C)CCC(N)C1Cc2ccccc2C1. The van der Waals surface area contributed by atoms with Gasteiger partial charge in [-0.05, 0) is 56.6 Å². The summed E-state index contributed by atoms with van der Waals surface area (Å²) in [6.07, 6.45) is 4.35. The Morgan fingerprint density at radius 3 is 2.33 bits per heavy atom. The first kappa shape index (κ1) is 13.6. The molecule has 18 heavy (non-hydrogen) atoms. The minimum Gasteiger partial charge on any atom is -0.379 e. The average Bonchev–Trinajstić information content (AvgIpc) is 2.80. The van der Waals surface area contributed by atoms with Crippen LogP contribution in [0.2, 0.25) is 0 Å². The molecule has 0 saturated carbocycles. The van der Waals surface area contributed by atoms with Crippen LogP contribution in [0.15, 0.2) is 24.3 Å². The second-order valence-corrected chi connectivity index (χ2v) is 6.10. The molecule has 2 heteroatoms. The number of fused-ring (bicyclic) bond motifs is 1. The van der Waals surface area contributed by atoms with Gasteiger partial charge in [-0.3, -0.25) is 0 Å². The third-order valence-corrected chi connectivity index (χ3v) is 4.32. The Morgan fingerprint density at radius 1 is 1.28 bits per heavy atom. The van der Waals surface area contributed by atoms with Crippen molar-refractivity contribution < 1.29 is 4.74 Å². The Morgan fingerprint density at radius 2 is 1.83 bits per heavy atom. The van der Waals surface area contributed by atoms with Gasteiger partial charge in [0.1, 0.15) is 0 Å². The molecule has 0 bridgehead atoms. The molecule has 0 fully saturated rings. The highest BCUT2D eigenvalue weighted by molar-refractivity contribution is 5.32. The van der Waals surface area contributed by atoms with Gasteiger partial charge in [-0.1, -0.05) is 24.3 Å². The lowest BCUT2D eigenvalue weighted by Gasteiger charge is -2.26. The quantitative estimate of drug-likeness (QED) is 0.868. The number of rotatable bonds is 5. The maximum absolute atomic E-state index is 6.36. The highest BCUT2D eigenvalue weighted by Gasteiger charge is 2.27. The summed E-state index contributed by atoms with van der Waals surface area (Å²) in [6.45, 7) is 4.26. The van der Waals surface area contributed by atoms with Crippen molar-refractivity contribution in [2.45, 2.75) is 51.2 Å². The first-order chi connectivity index (χ1) is 8.52. The molecule has 1 aliphatic carbocycles. The van der Waals surface area contributed by atoms with Crippen molar-refractivity contribution in [2.24, 2.45) is 11.7 Å². The Hall–Kier alpha value is -0.860. The van der Waals surface area contributed by atoms with Crippen LogP contribution in [0.1, 0.15) is 37.8 Å². The van der Waals surface area contributed by atoms with Gasteiger partial charge in [-0.15, -0.1) is 0 Å². The molecule has 1 aromatic carbocycles. The Balaban J connectivity index is 1.88. The number of hydrogen-bond acceptors (Lipinski definition) is 2. The molecule has 1 aromatic rings. The largest absolute Gasteiger partial charge is 0.379 e. The molecule has 0 saturated heterocycles. The minimum absolute atomic E-state index is 0.0525. The van der Waals surface area contributed by atoms with E-state index < -0.39 is 0 Å². The monoisotopic (exact) mass is 247 g/mol. The molecule has 100 valence electrons. The molecule has 0 aromatic heterocycles. The first-order valence-electron chi connectivity index (χ1n) is 6.89. The zero-order valence-corrected chi connectivity index (χ0v) is 11.8. The number of benzene rings is 1. The summed E-state index contributed by atoms with van der Waals surface area (Å²) < 4.78 is 5.46. The van der Waals surface area contributed by atoms with E-state index in [0.717, 1.165) is 25.7 Å². The zero-order valence-electron chi connectivity index (χ0n) is 11.8. The minimum atomic E-state index is -0.0525. The summed E-state index contributed by atoms with van der Waals surface area (Å²) in [5.41, 5.74) is 9.29. The zero-order chi connectivity index (χ0) is 13.2. The van der Waals surface area contributed by atoms with E-state index in [2.05, 4.69) is 38.1 Å². The Labute approximate surface area is 111 Å². The van der Waals surface area contributed by atoms with Gasteiger partial charge in [-0.2, -0.15) is 0 Å². The summed E-state index contributed by atoms with van der Waals surface area (Å²) in [7, 11) is 1.77. The van der Waals surface area contributed by atoms with Gasteiger partial charge < -0.3 is 10.5 Å². The molecule has 0 heterocycles. The van der Waals surface area contributed by atoms with Gasteiger partial charge in [0.25, 0.3) is 0 Å². The summed E-state index contributed by atoms with van der Waals surface area (Å²) in [6, 6.07) is 9.01. The van der Waals surface area contributed by atoms with E-state index in [9.17, 15) is 0 Å². The number of methoxy groups -OCH3 is 1. The van der Waals surface area contributed by atoms with Crippen molar-refractivity contribution in [3.8, 4) is 0 Å². The summed E-state index contributed by atoms with van der Waals surface area (Å²) in [5.74, 6) is 0.607. The lowest BCUT2D eigenvalue weighted by Crippen LogP contribution is -2.34. The molecule has 2 N–H and O–H groups in total. The molecule has 0 aliphatic heterocycles. The number of hydrogen-bond donors (Lipinski definition) is 1. The normalized spacial score (nSPS) is 17.8. The summed E-state index contributed by atoms with van der Waals surface area (Å²) in [4.78, 5) is 0. The molecule has 1 atom stereocenters. The van der Waals surface area contributed by atoms with Gasteiger partial charge in [0.05, 0.1) is 5.60 Å². The van der Waals surface area contributed by atoms with Gasteiger partial charge in [-0.25, -0.2) is 0 Å². The highest BCUT2D eigenvalue weighted by Crippen LogP contribution is 2.30. The molecule has 1 unspecified atom stereocenters. The van der Waals surface area contributed by atoms with Gasteiger partial charge in [0.2, 0.25) is 0 Å². The first-order valence-corrected chi connectivity index (χ1v) is 6.89. The van der Waals surface area contributed by atoms with Crippen LogP contribution in [-0.4, -0.2) is 18.8 Å². The molecule has 0 spiro atoms. The number of ether oxygens (including phenoxy) is 1. The van der Waals surface area contributed by atoms with E-state index >= 15 is 0 Å². The van der Waals surface area contributed by atoms with Crippen LogP contribution in [0.4, 0.5) is 0 Å². The molecule has 0 amide bonds. The van der Waals surface area contributed by atoms with E-state index in [1.54, 1.807) is 7.11 Å². The van der Waals surface area contributed by atoms with Crippen molar-refractivity contribution in [1.29, 1.82) is 0 Å². The predicted molar refractivity (Wildman–Crippen MR) is 75.6 cm³/mol. The highest BCUT2D eigenvalue weighted by atomic mass is 16.5. The molecule has 2 rings (SSSR count). The molecular formula is C16H25NO. The average molecular weight is 247 g/mol. The van der Waals surface area contributed by atoms with Crippen molar-refractivity contribution in [1.82, 2.24) is 0 Å². The van der Waals surface area contributed by atoms with Crippen molar-refractivity contribution >= 4 is 0 Å². The molecular weight excluding hydrogens is 222 g/mol. The third-order valence-electron chi connectivity index (χ3n) is 4.32. The molecule has 2 nitrogen and oxygen atoms in total. The van der Waals surface area contributed by atoms with Crippen molar-refractivity contribution in [3.63, 3.8) is 0 Å². The summed E-state index contributed by atoms with van der Waals surface area (Å²) in [5, 5.41) is 0. The second-order valence-electron chi connectivity index (χ2n) is 6.10. The smallest absolute Gasteiger partial charge is 0.0623 e. The van der Waals surface area contributed by atoms with E-state index in [1.165, 1.54) is 11.1 Å². The third kappa shape index (κ3) is 3.12. The fraction of sp³-hybridized carbons (Fsp3) is 0.625. The molecule has 0 radical (unpaired) electrons. The van der Waals surface area contributed by atoms with E-state index in [4.69, 9.17) is 10.5 Å². The van der Waals surface area contributed by atoms with E-state index in [0.29, 0.717) is 5.92 Å². The van der Waals surface area contributed by atoms with Gasteiger partial charge in [0.15, 0.2) is 0 Å². The van der Waals surface area contributed by atoms with Crippen LogP contribution in [0, 0.1) is 5.92 Å². The lowest BCUT2D eigenvalue weighted by molar-refractivity contribution is 0.0114. The summed E-state index contributed by atoms with van der Waals surface area (Å²) >= 11 is 0. The molecule has 1 aliphatic rings. The Kier molecular flexibility index (Phi) is 4.08. The van der Waals surface area contributed by atoms with Crippen molar-refractivity contribution in [2.75, 3.05) is 7.11 Å². The van der Waals surface area contributed by atoms with E-state index in [1.807, 2.05) is 0 Å². The van der Waals surface area contributed by atoms with Crippen molar-refractivity contribution in [3.05, 3.63) is 35.4 Å². The van der Waals surface area contributed by atoms with Crippen LogP contribution in [0.3, 0.4) is 0 Å². The maximum atomic E-state index is 6.36. The second kappa shape index (κ2) is 5.41. The van der Waals surface area contributed by atoms with Crippen LogP contribution in [-0.2, 0) is 17.6 Å². The fourth-order valence-electron chi connectivity index (χ4n) is 2.75. The standard InChI is InChI=1S/C16H25NO/c1-16(2,18-3)9-8-15(17)14-10-12-6-4-5-7-13(12)11-14/h4-7,14-15H,8-11,17H2,1-3H3. The Bertz CT molecular complexity index is 375. The van der Waals surface area contributed by atoms with Crippen LogP contribution >= 0.6 is 0 Å². The topological polar surface area (TPSA) is 35.2 Å². The maximum Gasteiger partial charge on any atom is 0.0623 e. The van der Waals surface area contributed by atoms with Crippen LogP contribution in [0.25, 0.3) is 0 Å². The fourth-order valence-corrected chi connectivity index (χ4v) is 2.75. The lowest BCUT2D eigenvalue weighted by atomic mass is 9.90. The van der Waals surface area contributed by atoms with Gasteiger partial charge >= 0.3 is 0 Å². The number of nitrogens with two attached hydrogens (primary N) is 1. The van der Waals surface area contributed by atoms with Crippen LogP contribution in [0.5, 0.6) is 0 Å².